The molecule has 0 aromatic heterocycles. The third-order valence-corrected chi connectivity index (χ3v) is 8.84. The van der Waals surface area contributed by atoms with E-state index in [1.165, 1.54) is 23.9 Å². The summed E-state index contributed by atoms with van der Waals surface area (Å²) < 4.78 is 24.7. The Morgan fingerprint density at radius 1 is 1.10 bits per heavy atom. The SMILES string of the molecule is C#CCN1CCC(C(=O)O)(S(=O)(=O)c2ccc(Sc3ccc(Cl)cc3)cc2)CC1. The molecule has 152 valence electrons. The van der Waals surface area contributed by atoms with Crippen LogP contribution in [0.15, 0.2) is 63.2 Å². The van der Waals surface area contributed by atoms with E-state index in [-0.39, 0.29) is 17.7 Å². The van der Waals surface area contributed by atoms with Gasteiger partial charge in [0.25, 0.3) is 0 Å². The van der Waals surface area contributed by atoms with Crippen LogP contribution in [-0.4, -0.2) is 48.8 Å². The lowest BCUT2D eigenvalue weighted by atomic mass is 9.96. The van der Waals surface area contributed by atoms with Gasteiger partial charge in [-0.15, -0.1) is 6.42 Å². The maximum absolute atomic E-state index is 13.3. The third-order valence-electron chi connectivity index (χ3n) is 5.07. The van der Waals surface area contributed by atoms with Crippen molar-refractivity contribution >= 4 is 39.2 Å². The molecule has 8 heteroatoms. The number of terminal acetylenes is 1. The molecule has 2 aromatic carbocycles. The van der Waals surface area contributed by atoms with Crippen molar-refractivity contribution in [1.82, 2.24) is 4.90 Å². The molecule has 5 nitrogen and oxygen atoms in total. The summed E-state index contributed by atoms with van der Waals surface area (Å²) in [7, 11) is -4.06. The van der Waals surface area contributed by atoms with Crippen LogP contribution in [0.1, 0.15) is 12.8 Å². The van der Waals surface area contributed by atoms with Gasteiger partial charge in [0.1, 0.15) is 0 Å². The average molecular weight is 450 g/mol. The smallest absolute Gasteiger partial charge is 0.325 e. The van der Waals surface area contributed by atoms with Gasteiger partial charge in [0, 0.05) is 27.9 Å². The summed E-state index contributed by atoms with van der Waals surface area (Å²) in [5, 5.41) is 10.5. The van der Waals surface area contributed by atoms with Crippen LogP contribution in [0.2, 0.25) is 5.02 Å². The molecule has 1 aliphatic rings. The number of likely N-dealkylation sites (tertiary alicyclic amines) is 1. The number of piperidine rings is 1. The van der Waals surface area contributed by atoms with E-state index in [1.807, 2.05) is 17.0 Å². The standard InChI is InChI=1S/C21H20ClNO4S2/c1-2-13-23-14-11-21(12-15-23,20(24)25)29(26,27)19-9-7-18(8-10-19)28-17-5-3-16(22)4-6-17/h1,3-10H,11-15H2,(H,24,25). The number of benzene rings is 2. The minimum atomic E-state index is -4.06. The van der Waals surface area contributed by atoms with Gasteiger partial charge in [-0.25, -0.2) is 8.42 Å². The molecule has 0 unspecified atom stereocenters. The molecule has 0 spiro atoms. The van der Waals surface area contributed by atoms with Crippen LogP contribution in [0.4, 0.5) is 0 Å². The van der Waals surface area contributed by atoms with Gasteiger partial charge in [-0.2, -0.15) is 0 Å². The van der Waals surface area contributed by atoms with Crippen LogP contribution in [0.25, 0.3) is 0 Å². The highest BCUT2D eigenvalue weighted by Gasteiger charge is 2.53. The number of sulfone groups is 1. The molecule has 0 atom stereocenters. The lowest BCUT2D eigenvalue weighted by Gasteiger charge is -2.37. The van der Waals surface area contributed by atoms with E-state index < -0.39 is 20.6 Å². The fraction of sp³-hybridized carbons (Fsp3) is 0.286. The summed E-state index contributed by atoms with van der Waals surface area (Å²) >= 11 is 7.36. The Bertz CT molecular complexity index is 1020. The van der Waals surface area contributed by atoms with Gasteiger partial charge in [0.05, 0.1) is 11.4 Å². The van der Waals surface area contributed by atoms with Crippen molar-refractivity contribution in [3.05, 3.63) is 53.6 Å². The molecular formula is C21H20ClNO4S2. The molecule has 0 saturated carbocycles. The molecule has 1 aliphatic heterocycles. The first kappa shape index (κ1) is 21.7. The number of carbonyl (C=O) groups is 1. The predicted octanol–water partition coefficient (Wildman–Crippen LogP) is 3.82. The maximum atomic E-state index is 13.3. The second kappa shape index (κ2) is 8.80. The zero-order chi connectivity index (χ0) is 21.1. The van der Waals surface area contributed by atoms with Crippen molar-refractivity contribution in [3.63, 3.8) is 0 Å². The zero-order valence-electron chi connectivity index (χ0n) is 15.5. The molecule has 0 bridgehead atoms. The zero-order valence-corrected chi connectivity index (χ0v) is 17.9. The summed E-state index contributed by atoms with van der Waals surface area (Å²) in [4.78, 5) is 15.8. The lowest BCUT2D eigenvalue weighted by molar-refractivity contribution is -0.141. The number of aliphatic carboxylic acids is 1. The third kappa shape index (κ3) is 4.46. The van der Waals surface area contributed by atoms with E-state index in [0.717, 1.165) is 9.79 Å². The fourth-order valence-electron chi connectivity index (χ4n) is 3.35. The summed E-state index contributed by atoms with van der Waals surface area (Å²) in [6, 6.07) is 13.7. The van der Waals surface area contributed by atoms with Crippen molar-refractivity contribution < 1.29 is 18.3 Å². The molecule has 1 N–H and O–H groups in total. The minimum absolute atomic E-state index is 0.00756. The normalized spacial score (nSPS) is 16.8. The molecule has 0 amide bonds. The molecule has 1 saturated heterocycles. The second-order valence-electron chi connectivity index (χ2n) is 6.81. The van der Waals surface area contributed by atoms with Crippen LogP contribution in [0, 0.1) is 12.3 Å². The Morgan fingerprint density at radius 3 is 2.10 bits per heavy atom. The fourth-order valence-corrected chi connectivity index (χ4v) is 6.19. The van der Waals surface area contributed by atoms with Gasteiger partial charge in [0.15, 0.2) is 14.6 Å². The van der Waals surface area contributed by atoms with Gasteiger partial charge in [-0.3, -0.25) is 9.69 Å². The van der Waals surface area contributed by atoms with Crippen LogP contribution in [-0.2, 0) is 14.6 Å². The van der Waals surface area contributed by atoms with Crippen molar-refractivity contribution in [2.45, 2.75) is 32.3 Å². The van der Waals surface area contributed by atoms with Gasteiger partial charge in [0.2, 0.25) is 0 Å². The highest BCUT2D eigenvalue weighted by atomic mass is 35.5. The quantitative estimate of drug-likeness (QED) is 0.676. The number of nitrogens with zero attached hydrogens (tertiary/aromatic N) is 1. The minimum Gasteiger partial charge on any atom is -0.480 e. The first-order valence-corrected chi connectivity index (χ1v) is 11.6. The van der Waals surface area contributed by atoms with Gasteiger partial charge >= 0.3 is 5.97 Å². The van der Waals surface area contributed by atoms with Crippen LogP contribution in [0.5, 0.6) is 0 Å². The monoisotopic (exact) mass is 449 g/mol. The van der Waals surface area contributed by atoms with Crippen LogP contribution < -0.4 is 0 Å². The highest BCUT2D eigenvalue weighted by Crippen LogP contribution is 2.37. The second-order valence-corrected chi connectivity index (χ2v) is 10.7. The summed E-state index contributed by atoms with van der Waals surface area (Å²) in [5.41, 5.74) is 0. The van der Waals surface area contributed by atoms with Crippen molar-refractivity contribution in [2.24, 2.45) is 0 Å². The van der Waals surface area contributed by atoms with Crippen LogP contribution >= 0.6 is 23.4 Å². The number of carboxylic acids is 1. The first-order chi connectivity index (χ1) is 13.8. The average Bonchev–Trinajstić information content (AvgIpc) is 2.71. The molecule has 1 heterocycles. The Balaban J connectivity index is 1.83. The number of rotatable bonds is 6. The summed E-state index contributed by atoms with van der Waals surface area (Å²) in [6.45, 7) is 1.05. The molecule has 2 aromatic rings. The van der Waals surface area contributed by atoms with Gasteiger partial charge in [-0.1, -0.05) is 29.3 Å². The predicted molar refractivity (Wildman–Crippen MR) is 114 cm³/mol. The van der Waals surface area contributed by atoms with E-state index in [2.05, 4.69) is 5.92 Å². The molecule has 0 radical (unpaired) electrons. The topological polar surface area (TPSA) is 74.7 Å². The largest absolute Gasteiger partial charge is 0.480 e. The Morgan fingerprint density at radius 2 is 1.62 bits per heavy atom. The molecular weight excluding hydrogens is 430 g/mol. The molecule has 3 rings (SSSR count). The van der Waals surface area contributed by atoms with E-state index in [0.29, 0.717) is 24.7 Å². The summed E-state index contributed by atoms with van der Waals surface area (Å²) in [6.07, 6.45) is 5.32. The Kier molecular flexibility index (Phi) is 6.59. The molecule has 29 heavy (non-hydrogen) atoms. The number of carboxylic acid groups (broad SMARTS) is 1. The van der Waals surface area contributed by atoms with E-state index in [1.54, 1.807) is 24.3 Å². The van der Waals surface area contributed by atoms with Crippen molar-refractivity contribution in [2.75, 3.05) is 19.6 Å². The first-order valence-electron chi connectivity index (χ1n) is 8.96. The van der Waals surface area contributed by atoms with Crippen molar-refractivity contribution in [3.8, 4) is 12.3 Å². The van der Waals surface area contributed by atoms with E-state index >= 15 is 0 Å². The van der Waals surface area contributed by atoms with Gasteiger partial charge < -0.3 is 5.11 Å². The number of halogens is 1. The highest BCUT2D eigenvalue weighted by molar-refractivity contribution is 7.99. The number of hydrogen-bond donors (Lipinski definition) is 1. The van der Waals surface area contributed by atoms with Gasteiger partial charge in [-0.05, 0) is 61.4 Å². The molecule has 1 fully saturated rings. The maximum Gasteiger partial charge on any atom is 0.325 e. The molecule has 0 aliphatic carbocycles. The van der Waals surface area contributed by atoms with E-state index in [9.17, 15) is 18.3 Å². The summed E-state index contributed by atoms with van der Waals surface area (Å²) in [5.74, 6) is 1.21. The Hall–Kier alpha value is -1.98. The Labute approximate surface area is 180 Å². The van der Waals surface area contributed by atoms with Crippen LogP contribution in [0.3, 0.4) is 0 Å². The lowest BCUT2D eigenvalue weighted by Crippen LogP contribution is -2.54. The van der Waals surface area contributed by atoms with Crippen molar-refractivity contribution in [1.29, 1.82) is 0 Å². The number of hydrogen-bond acceptors (Lipinski definition) is 5. The van der Waals surface area contributed by atoms with E-state index in [4.69, 9.17) is 18.0 Å².